The summed E-state index contributed by atoms with van der Waals surface area (Å²) in [4.78, 5) is 27.1. The van der Waals surface area contributed by atoms with Gasteiger partial charge in [0.25, 0.3) is 5.91 Å². The van der Waals surface area contributed by atoms with Crippen LogP contribution < -0.4 is 10.5 Å². The van der Waals surface area contributed by atoms with E-state index in [2.05, 4.69) is 23.2 Å². The Bertz CT molecular complexity index is 1580. The fourth-order valence-electron chi connectivity index (χ4n) is 4.86. The summed E-state index contributed by atoms with van der Waals surface area (Å²) in [6, 6.07) is 8.35. The van der Waals surface area contributed by atoms with E-state index in [0.29, 0.717) is 25.5 Å². The minimum atomic E-state index is -0.235. The Kier molecular flexibility index (Phi) is 6.58. The molecule has 1 aromatic carbocycles. The number of anilines is 1. The molecule has 1 aliphatic rings. The van der Waals surface area contributed by atoms with E-state index >= 15 is 0 Å². The number of likely N-dealkylation sites (tertiary alicyclic amines) is 1. The smallest absolute Gasteiger partial charge is 0.264 e. The Balaban J connectivity index is 1.52. The summed E-state index contributed by atoms with van der Waals surface area (Å²) >= 11 is 1.61. The largest absolute Gasteiger partial charge is 0.495 e. The number of aromatic nitrogens is 3. The van der Waals surface area contributed by atoms with Gasteiger partial charge in [-0.25, -0.2) is 9.97 Å². The van der Waals surface area contributed by atoms with Crippen LogP contribution in [0.25, 0.3) is 26.2 Å². The second-order valence-electron chi connectivity index (χ2n) is 9.57. The lowest BCUT2D eigenvalue weighted by Crippen LogP contribution is -2.30. The number of nitrogens with zero attached hydrogens (tertiary/aromatic N) is 6. The number of nitrogen functional groups attached to an aromatic ring is 1. The van der Waals surface area contributed by atoms with Gasteiger partial charge in [-0.05, 0) is 56.6 Å². The monoisotopic (exact) mass is 515 g/mol. The summed E-state index contributed by atoms with van der Waals surface area (Å²) in [5.74, 6) is 1.85. The lowest BCUT2D eigenvalue weighted by atomic mass is 10.1. The van der Waals surface area contributed by atoms with E-state index in [1.807, 2.05) is 42.6 Å². The molecule has 37 heavy (non-hydrogen) atoms. The number of benzene rings is 1. The predicted molar refractivity (Wildman–Crippen MR) is 146 cm³/mol. The zero-order chi connectivity index (χ0) is 26.3. The molecule has 1 aliphatic heterocycles. The number of hydrogen-bond donors (Lipinski definition) is 1. The molecule has 4 aromatic rings. The van der Waals surface area contributed by atoms with Gasteiger partial charge in [0.15, 0.2) is 0 Å². The molecule has 10 heteroatoms. The van der Waals surface area contributed by atoms with E-state index in [1.54, 1.807) is 35.6 Å². The van der Waals surface area contributed by atoms with Crippen LogP contribution in [-0.2, 0) is 4.79 Å². The van der Waals surface area contributed by atoms with Crippen LogP contribution >= 0.6 is 11.3 Å². The second-order valence-corrected chi connectivity index (χ2v) is 10.6. The Morgan fingerprint density at radius 3 is 2.92 bits per heavy atom. The zero-order valence-electron chi connectivity index (χ0n) is 21.4. The molecule has 190 valence electrons. The molecule has 1 fully saturated rings. The maximum absolute atomic E-state index is 13.0. The van der Waals surface area contributed by atoms with E-state index in [1.165, 1.54) is 0 Å². The maximum Gasteiger partial charge on any atom is 0.264 e. The third-order valence-corrected chi connectivity index (χ3v) is 7.81. The van der Waals surface area contributed by atoms with Gasteiger partial charge in [0.2, 0.25) is 0 Å². The Labute approximate surface area is 219 Å². The van der Waals surface area contributed by atoms with Gasteiger partial charge >= 0.3 is 0 Å². The van der Waals surface area contributed by atoms with Gasteiger partial charge in [-0.2, -0.15) is 5.26 Å². The van der Waals surface area contributed by atoms with Crippen LogP contribution in [0.5, 0.6) is 5.75 Å². The minimum Gasteiger partial charge on any atom is -0.495 e. The van der Waals surface area contributed by atoms with Crippen molar-refractivity contribution in [3.05, 3.63) is 53.6 Å². The molecule has 0 saturated carbocycles. The number of carbonyl (C=O) groups is 1. The van der Waals surface area contributed by atoms with E-state index in [0.717, 1.165) is 49.7 Å². The highest BCUT2D eigenvalue weighted by molar-refractivity contribution is 7.22. The van der Waals surface area contributed by atoms with E-state index in [9.17, 15) is 10.1 Å². The Morgan fingerprint density at radius 2 is 2.19 bits per heavy atom. The highest BCUT2D eigenvalue weighted by Crippen LogP contribution is 2.42. The first-order chi connectivity index (χ1) is 17.8. The SMILES string of the molecule is COc1cc(C)cc2cc(-c3nc(C4CCN(C(=O)C(C#N)=CCN(C)C)C4)n4ccnc(N)c34)sc12. The summed E-state index contributed by atoms with van der Waals surface area (Å²) in [5, 5.41) is 10.6. The average Bonchev–Trinajstić information content (AvgIpc) is 3.60. The molecule has 5 rings (SSSR count). The number of ether oxygens (including phenoxy) is 1. The number of nitrogens with two attached hydrogens (primary N) is 1. The van der Waals surface area contributed by atoms with Crippen LogP contribution in [0.3, 0.4) is 0 Å². The number of amides is 1. The number of nitriles is 1. The highest BCUT2D eigenvalue weighted by Gasteiger charge is 2.33. The van der Waals surface area contributed by atoms with Gasteiger partial charge in [0.1, 0.15) is 40.2 Å². The molecule has 9 nitrogen and oxygen atoms in total. The van der Waals surface area contributed by atoms with Crippen LogP contribution in [0, 0.1) is 18.3 Å². The summed E-state index contributed by atoms with van der Waals surface area (Å²) in [6.45, 7) is 3.63. The fourth-order valence-corrected chi connectivity index (χ4v) is 5.98. The van der Waals surface area contributed by atoms with Crippen molar-refractivity contribution >= 4 is 38.7 Å². The molecule has 1 saturated heterocycles. The molecular formula is C27H29N7O2S. The first-order valence-electron chi connectivity index (χ1n) is 12.1. The van der Waals surface area contributed by atoms with Gasteiger partial charge < -0.3 is 20.3 Å². The highest BCUT2D eigenvalue weighted by atomic mass is 32.1. The standard InChI is InChI=1S/C27H29N7O2S/c1-16-11-19-13-21(37-24(19)20(12-16)36-4)22-23-25(29)30-7-10-34(23)26(31-22)18-6-9-33(15-18)27(35)17(14-28)5-8-32(2)3/h5,7,10-13,18H,6,8-9,15H2,1-4H3,(H2,29,30). The van der Waals surface area contributed by atoms with Crippen molar-refractivity contribution in [1.29, 1.82) is 5.26 Å². The lowest BCUT2D eigenvalue weighted by molar-refractivity contribution is -0.125. The van der Waals surface area contributed by atoms with Gasteiger partial charge in [0, 0.05) is 37.9 Å². The normalized spacial score (nSPS) is 16.2. The molecule has 0 bridgehead atoms. The van der Waals surface area contributed by atoms with Crippen molar-refractivity contribution in [2.24, 2.45) is 0 Å². The molecule has 1 amide bonds. The predicted octanol–water partition coefficient (Wildman–Crippen LogP) is 3.84. The minimum absolute atomic E-state index is 0.00644. The first kappa shape index (κ1) is 24.7. The third-order valence-electron chi connectivity index (χ3n) is 6.64. The van der Waals surface area contributed by atoms with Crippen LogP contribution in [0.2, 0.25) is 0 Å². The molecule has 2 N–H and O–H groups in total. The van der Waals surface area contributed by atoms with Crippen LogP contribution in [0.4, 0.5) is 5.82 Å². The molecule has 1 atom stereocenters. The van der Waals surface area contributed by atoms with Crippen molar-refractivity contribution in [3.63, 3.8) is 0 Å². The van der Waals surface area contributed by atoms with Crippen LogP contribution in [-0.4, -0.2) is 70.9 Å². The Morgan fingerprint density at radius 1 is 1.38 bits per heavy atom. The molecule has 0 radical (unpaired) electrons. The molecule has 1 unspecified atom stereocenters. The topological polar surface area (TPSA) is 113 Å². The van der Waals surface area contributed by atoms with E-state index in [4.69, 9.17) is 15.5 Å². The number of aryl methyl sites for hydroxylation is 1. The molecule has 3 aromatic heterocycles. The molecule has 0 spiro atoms. The quantitative estimate of drug-likeness (QED) is 0.307. The molecule has 0 aliphatic carbocycles. The van der Waals surface area contributed by atoms with E-state index in [-0.39, 0.29) is 17.4 Å². The number of thiophene rings is 1. The summed E-state index contributed by atoms with van der Waals surface area (Å²) < 4.78 is 8.68. The van der Waals surface area contributed by atoms with Crippen molar-refractivity contribution in [1.82, 2.24) is 24.2 Å². The number of rotatable bonds is 6. The van der Waals surface area contributed by atoms with Crippen molar-refractivity contribution in [2.75, 3.05) is 46.6 Å². The molecule has 4 heterocycles. The summed E-state index contributed by atoms with van der Waals surface area (Å²) in [6.07, 6.45) is 5.98. The van der Waals surface area contributed by atoms with Crippen molar-refractivity contribution in [2.45, 2.75) is 19.3 Å². The number of hydrogen-bond acceptors (Lipinski definition) is 8. The number of methoxy groups -OCH3 is 1. The fraction of sp³-hybridized carbons (Fsp3) is 0.333. The number of likely N-dealkylation sites (N-methyl/N-ethyl adjacent to an activating group) is 1. The van der Waals surface area contributed by atoms with E-state index < -0.39 is 0 Å². The summed E-state index contributed by atoms with van der Waals surface area (Å²) in [5.41, 5.74) is 9.19. The van der Waals surface area contributed by atoms with Crippen LogP contribution in [0.1, 0.15) is 23.7 Å². The number of imidazole rings is 1. The Hall–Kier alpha value is -3.94. The van der Waals surface area contributed by atoms with Gasteiger partial charge in [-0.15, -0.1) is 11.3 Å². The number of fused-ring (bicyclic) bond motifs is 2. The zero-order valence-corrected chi connectivity index (χ0v) is 22.2. The van der Waals surface area contributed by atoms with Crippen molar-refractivity contribution < 1.29 is 9.53 Å². The first-order valence-corrected chi connectivity index (χ1v) is 12.9. The van der Waals surface area contributed by atoms with Crippen LogP contribution in [0.15, 0.2) is 42.2 Å². The average molecular weight is 516 g/mol. The van der Waals surface area contributed by atoms with Gasteiger partial charge in [-0.3, -0.25) is 9.20 Å². The summed E-state index contributed by atoms with van der Waals surface area (Å²) in [7, 11) is 5.48. The maximum atomic E-state index is 13.0. The second kappa shape index (κ2) is 9.84. The van der Waals surface area contributed by atoms with Gasteiger partial charge in [-0.1, -0.05) is 6.07 Å². The van der Waals surface area contributed by atoms with Gasteiger partial charge in [0.05, 0.1) is 16.7 Å². The molecular weight excluding hydrogens is 486 g/mol. The lowest BCUT2D eigenvalue weighted by Gasteiger charge is -2.16. The third kappa shape index (κ3) is 4.52. The number of carbonyl (C=O) groups excluding carboxylic acids is 1. The van der Waals surface area contributed by atoms with Crippen molar-refractivity contribution in [3.8, 4) is 22.4 Å².